The van der Waals surface area contributed by atoms with Gasteiger partial charge in [-0.1, -0.05) is 30.3 Å². The lowest BCUT2D eigenvalue weighted by molar-refractivity contribution is 0.0981. The van der Waals surface area contributed by atoms with Crippen molar-refractivity contribution in [3.8, 4) is 0 Å². The van der Waals surface area contributed by atoms with Gasteiger partial charge in [0.2, 0.25) is 0 Å². The highest BCUT2D eigenvalue weighted by molar-refractivity contribution is 5.18. The number of nitrogens with zero attached hydrogens (tertiary/aromatic N) is 2. The van der Waals surface area contributed by atoms with E-state index in [1.165, 1.54) is 38.2 Å². The summed E-state index contributed by atoms with van der Waals surface area (Å²) >= 11 is 0. The predicted molar refractivity (Wildman–Crippen MR) is 81.1 cm³/mol. The number of nitrogens with two attached hydrogens (primary N) is 1. The van der Waals surface area contributed by atoms with E-state index < -0.39 is 0 Å². The van der Waals surface area contributed by atoms with Crippen LogP contribution in [-0.4, -0.2) is 49.1 Å². The second-order valence-corrected chi connectivity index (χ2v) is 5.81. The van der Waals surface area contributed by atoms with Gasteiger partial charge in [-0.2, -0.15) is 0 Å². The van der Waals surface area contributed by atoms with Crippen LogP contribution in [0.5, 0.6) is 0 Å². The fourth-order valence-corrected chi connectivity index (χ4v) is 2.89. The van der Waals surface area contributed by atoms with Crippen molar-refractivity contribution in [1.29, 1.82) is 0 Å². The van der Waals surface area contributed by atoms with Crippen LogP contribution < -0.4 is 5.73 Å². The molecule has 0 saturated carbocycles. The molecular formula is C16H27N3. The van der Waals surface area contributed by atoms with Gasteiger partial charge in [-0.25, -0.2) is 0 Å². The highest BCUT2D eigenvalue weighted by Crippen LogP contribution is 2.16. The zero-order valence-electron chi connectivity index (χ0n) is 12.3. The monoisotopic (exact) mass is 261 g/mol. The summed E-state index contributed by atoms with van der Waals surface area (Å²) in [6, 6.07) is 11.3. The molecule has 2 unspecified atom stereocenters. The molecule has 3 nitrogen and oxygen atoms in total. The summed E-state index contributed by atoms with van der Waals surface area (Å²) in [4.78, 5) is 5.01. The Bertz CT molecular complexity index is 366. The van der Waals surface area contributed by atoms with Crippen LogP contribution in [0.3, 0.4) is 0 Å². The molecule has 2 atom stereocenters. The summed E-state index contributed by atoms with van der Waals surface area (Å²) in [6.07, 6.45) is 2.26. The van der Waals surface area contributed by atoms with Crippen LogP contribution in [0.1, 0.15) is 31.4 Å². The Morgan fingerprint density at radius 2 is 2.00 bits per heavy atom. The van der Waals surface area contributed by atoms with Crippen LogP contribution in [0.4, 0.5) is 0 Å². The number of piperazine rings is 1. The van der Waals surface area contributed by atoms with Gasteiger partial charge in [-0.15, -0.1) is 0 Å². The molecule has 1 aromatic carbocycles. The molecule has 1 fully saturated rings. The van der Waals surface area contributed by atoms with Gasteiger partial charge in [0, 0.05) is 31.7 Å². The second kappa shape index (κ2) is 7.04. The number of rotatable bonds is 5. The van der Waals surface area contributed by atoms with Crippen molar-refractivity contribution in [3.63, 3.8) is 0 Å². The Morgan fingerprint density at radius 1 is 1.26 bits per heavy atom. The van der Waals surface area contributed by atoms with Gasteiger partial charge in [-0.3, -0.25) is 4.90 Å². The number of likely N-dealkylation sites (N-methyl/N-ethyl adjacent to an activating group) is 1. The molecule has 0 amide bonds. The molecule has 2 rings (SSSR count). The molecule has 3 heteroatoms. The largest absolute Gasteiger partial charge is 0.324 e. The van der Waals surface area contributed by atoms with E-state index in [0.717, 1.165) is 6.42 Å². The molecule has 2 N–H and O–H groups in total. The highest BCUT2D eigenvalue weighted by atomic mass is 15.3. The second-order valence-electron chi connectivity index (χ2n) is 5.81. The van der Waals surface area contributed by atoms with E-state index in [1.54, 1.807) is 0 Å². The zero-order valence-corrected chi connectivity index (χ0v) is 12.3. The predicted octanol–water partition coefficient (Wildman–Crippen LogP) is 2.10. The maximum absolute atomic E-state index is 6.24. The van der Waals surface area contributed by atoms with E-state index >= 15 is 0 Å². The van der Waals surface area contributed by atoms with Gasteiger partial charge in [0.1, 0.15) is 0 Å². The van der Waals surface area contributed by atoms with E-state index in [1.807, 2.05) is 6.07 Å². The van der Waals surface area contributed by atoms with E-state index in [2.05, 4.69) is 48.0 Å². The summed E-state index contributed by atoms with van der Waals surface area (Å²) in [5, 5.41) is 0. The molecular weight excluding hydrogens is 234 g/mol. The van der Waals surface area contributed by atoms with Crippen molar-refractivity contribution >= 4 is 0 Å². The van der Waals surface area contributed by atoms with Crippen molar-refractivity contribution in [3.05, 3.63) is 35.9 Å². The van der Waals surface area contributed by atoms with Gasteiger partial charge < -0.3 is 10.6 Å². The molecule has 1 aliphatic rings. The van der Waals surface area contributed by atoms with Gasteiger partial charge in [0.25, 0.3) is 0 Å². The number of benzene rings is 1. The summed E-state index contributed by atoms with van der Waals surface area (Å²) in [5.41, 5.74) is 7.50. The van der Waals surface area contributed by atoms with Crippen LogP contribution in [-0.2, 0) is 0 Å². The fourth-order valence-electron chi connectivity index (χ4n) is 2.89. The van der Waals surface area contributed by atoms with E-state index in [4.69, 9.17) is 5.73 Å². The molecule has 1 heterocycles. The Balaban J connectivity index is 1.72. The first-order valence-electron chi connectivity index (χ1n) is 7.40. The van der Waals surface area contributed by atoms with E-state index in [0.29, 0.717) is 6.04 Å². The highest BCUT2D eigenvalue weighted by Gasteiger charge is 2.20. The van der Waals surface area contributed by atoms with Crippen molar-refractivity contribution < 1.29 is 0 Å². The van der Waals surface area contributed by atoms with E-state index in [-0.39, 0.29) is 6.04 Å². The molecule has 0 bridgehead atoms. The normalized spacial score (nSPS) is 23.4. The van der Waals surface area contributed by atoms with Crippen LogP contribution in [0, 0.1) is 0 Å². The van der Waals surface area contributed by atoms with Gasteiger partial charge in [0.05, 0.1) is 0 Å². The molecule has 106 valence electrons. The fraction of sp³-hybridized carbons (Fsp3) is 0.625. The van der Waals surface area contributed by atoms with Crippen molar-refractivity contribution in [2.75, 3.05) is 33.2 Å². The van der Waals surface area contributed by atoms with Crippen molar-refractivity contribution in [2.24, 2.45) is 5.73 Å². The Hall–Kier alpha value is -0.900. The minimum atomic E-state index is 0.184. The lowest BCUT2D eigenvalue weighted by Gasteiger charge is -2.38. The summed E-state index contributed by atoms with van der Waals surface area (Å²) in [7, 11) is 2.21. The first-order valence-corrected chi connectivity index (χ1v) is 7.40. The molecule has 1 saturated heterocycles. The minimum Gasteiger partial charge on any atom is -0.324 e. The van der Waals surface area contributed by atoms with Gasteiger partial charge in [0.15, 0.2) is 0 Å². The Kier molecular flexibility index (Phi) is 5.37. The average Bonchev–Trinajstić information content (AvgIpc) is 2.42. The molecule has 0 aliphatic carbocycles. The molecule has 1 aliphatic heterocycles. The van der Waals surface area contributed by atoms with Crippen LogP contribution in [0.2, 0.25) is 0 Å². The third-order valence-corrected chi connectivity index (χ3v) is 4.16. The lowest BCUT2D eigenvalue weighted by Crippen LogP contribution is -2.50. The standard InChI is InChI=1S/C16H27N3/c1-14-13-18(2)11-12-19(14)10-6-9-16(17)15-7-4-3-5-8-15/h3-5,7-8,14,16H,6,9-13,17H2,1-2H3. The average molecular weight is 261 g/mol. The van der Waals surface area contributed by atoms with Crippen LogP contribution in [0.15, 0.2) is 30.3 Å². The van der Waals surface area contributed by atoms with Crippen molar-refractivity contribution in [2.45, 2.75) is 31.8 Å². The Labute approximate surface area is 117 Å². The maximum atomic E-state index is 6.24. The molecule has 1 aromatic rings. The summed E-state index contributed by atoms with van der Waals surface area (Å²) in [5.74, 6) is 0. The van der Waals surface area contributed by atoms with Crippen LogP contribution in [0.25, 0.3) is 0 Å². The smallest absolute Gasteiger partial charge is 0.0295 e. The van der Waals surface area contributed by atoms with Gasteiger partial charge in [-0.05, 0) is 38.9 Å². The first-order chi connectivity index (χ1) is 9.16. The molecule has 0 spiro atoms. The summed E-state index contributed by atoms with van der Waals surface area (Å²) < 4.78 is 0. The molecule has 0 radical (unpaired) electrons. The quantitative estimate of drug-likeness (QED) is 0.881. The third kappa shape index (κ3) is 4.30. The van der Waals surface area contributed by atoms with Crippen molar-refractivity contribution in [1.82, 2.24) is 9.80 Å². The molecule has 0 aromatic heterocycles. The summed E-state index contributed by atoms with van der Waals surface area (Å²) in [6.45, 7) is 7.07. The SMILES string of the molecule is CC1CN(C)CCN1CCCC(N)c1ccccc1. The zero-order chi connectivity index (χ0) is 13.7. The van der Waals surface area contributed by atoms with E-state index in [9.17, 15) is 0 Å². The maximum Gasteiger partial charge on any atom is 0.0295 e. The first kappa shape index (κ1) is 14.5. The minimum absolute atomic E-state index is 0.184. The van der Waals surface area contributed by atoms with Crippen LogP contribution >= 0.6 is 0 Å². The molecule has 19 heavy (non-hydrogen) atoms. The topological polar surface area (TPSA) is 32.5 Å². The number of hydrogen-bond acceptors (Lipinski definition) is 3. The number of hydrogen-bond donors (Lipinski definition) is 1. The Morgan fingerprint density at radius 3 is 2.68 bits per heavy atom. The lowest BCUT2D eigenvalue weighted by atomic mass is 10.0. The van der Waals surface area contributed by atoms with Gasteiger partial charge >= 0.3 is 0 Å². The third-order valence-electron chi connectivity index (χ3n) is 4.16.